The Morgan fingerprint density at radius 1 is 1.33 bits per heavy atom. The van der Waals surface area contributed by atoms with Crippen molar-refractivity contribution in [3.63, 3.8) is 0 Å². The lowest BCUT2D eigenvalue weighted by atomic mass is 10.1. The van der Waals surface area contributed by atoms with E-state index in [1.165, 1.54) is 0 Å². The fourth-order valence-electron chi connectivity index (χ4n) is 3.02. The van der Waals surface area contributed by atoms with E-state index in [0.29, 0.717) is 0 Å². The molecule has 1 aliphatic heterocycles. The molecule has 128 valence electrons. The summed E-state index contributed by atoms with van der Waals surface area (Å²) in [7, 11) is 0. The maximum absolute atomic E-state index is 12.7. The van der Waals surface area contributed by atoms with Crippen LogP contribution in [0.3, 0.4) is 0 Å². The van der Waals surface area contributed by atoms with Crippen LogP contribution in [-0.4, -0.2) is 44.8 Å². The summed E-state index contributed by atoms with van der Waals surface area (Å²) in [5.74, 6) is 2.14. The first-order chi connectivity index (χ1) is 11.7. The number of amides is 2. The standard InChI is InChI=1S/C18H24N4OS/c1-14-8-12-24-13-11-21(14)18(23)20-15(2)16-6-3-4-7-17(16)22-10-5-9-19-22/h3-7,9-10,14-15H,8,11-13H2,1-2H3,(H,20,23)/t14-,15+/m0/s1. The van der Waals surface area contributed by atoms with Gasteiger partial charge in [-0.25, -0.2) is 9.48 Å². The normalized spacial score (nSPS) is 19.6. The van der Waals surface area contributed by atoms with Gasteiger partial charge < -0.3 is 10.2 Å². The molecule has 6 heteroatoms. The van der Waals surface area contributed by atoms with Gasteiger partial charge in [0.1, 0.15) is 0 Å². The quantitative estimate of drug-likeness (QED) is 0.927. The van der Waals surface area contributed by atoms with Crippen LogP contribution in [-0.2, 0) is 0 Å². The van der Waals surface area contributed by atoms with E-state index in [0.717, 1.165) is 35.7 Å². The number of thioether (sulfide) groups is 1. The zero-order valence-corrected chi connectivity index (χ0v) is 15.0. The highest BCUT2D eigenvalue weighted by Gasteiger charge is 2.24. The van der Waals surface area contributed by atoms with Crippen LogP contribution in [0.15, 0.2) is 42.7 Å². The first-order valence-corrected chi connectivity index (χ1v) is 9.56. The average Bonchev–Trinajstić information content (AvgIpc) is 3.03. The zero-order chi connectivity index (χ0) is 16.9. The van der Waals surface area contributed by atoms with Crippen LogP contribution in [0, 0.1) is 0 Å². The second-order valence-electron chi connectivity index (χ2n) is 6.12. The lowest BCUT2D eigenvalue weighted by molar-refractivity contribution is 0.180. The fraction of sp³-hybridized carbons (Fsp3) is 0.444. The van der Waals surface area contributed by atoms with Gasteiger partial charge in [0, 0.05) is 30.7 Å². The molecule has 0 bridgehead atoms. The SMILES string of the molecule is C[C@@H](NC(=O)N1CCSCC[C@@H]1C)c1ccccc1-n1cccn1. The third kappa shape index (κ3) is 3.75. The van der Waals surface area contributed by atoms with Gasteiger partial charge in [0.05, 0.1) is 11.7 Å². The highest BCUT2D eigenvalue weighted by Crippen LogP contribution is 2.22. The topological polar surface area (TPSA) is 50.2 Å². The average molecular weight is 344 g/mol. The maximum Gasteiger partial charge on any atom is 0.318 e. The molecule has 1 aliphatic rings. The van der Waals surface area contributed by atoms with Crippen molar-refractivity contribution in [2.24, 2.45) is 0 Å². The molecule has 24 heavy (non-hydrogen) atoms. The summed E-state index contributed by atoms with van der Waals surface area (Å²) in [4.78, 5) is 14.7. The minimum Gasteiger partial charge on any atom is -0.331 e. The number of para-hydroxylation sites is 1. The van der Waals surface area contributed by atoms with E-state index in [1.54, 1.807) is 6.20 Å². The zero-order valence-electron chi connectivity index (χ0n) is 14.2. The Balaban J connectivity index is 1.75. The van der Waals surface area contributed by atoms with Crippen LogP contribution in [0.5, 0.6) is 0 Å². The molecule has 0 aliphatic carbocycles. The number of benzene rings is 1. The molecule has 3 rings (SSSR count). The number of nitrogens with zero attached hydrogens (tertiary/aromatic N) is 3. The first-order valence-electron chi connectivity index (χ1n) is 8.40. The van der Waals surface area contributed by atoms with Crippen molar-refractivity contribution < 1.29 is 4.79 Å². The largest absolute Gasteiger partial charge is 0.331 e. The molecule has 0 radical (unpaired) electrons. The molecule has 1 aromatic carbocycles. The molecule has 5 nitrogen and oxygen atoms in total. The number of nitrogens with one attached hydrogen (secondary N) is 1. The summed E-state index contributed by atoms with van der Waals surface area (Å²) in [6, 6.07) is 10.2. The summed E-state index contributed by atoms with van der Waals surface area (Å²) in [6.07, 6.45) is 4.73. The second-order valence-corrected chi connectivity index (χ2v) is 7.35. The van der Waals surface area contributed by atoms with Gasteiger partial charge in [0.2, 0.25) is 0 Å². The van der Waals surface area contributed by atoms with E-state index < -0.39 is 0 Å². The van der Waals surface area contributed by atoms with Crippen molar-refractivity contribution in [2.45, 2.75) is 32.4 Å². The Morgan fingerprint density at radius 3 is 2.96 bits per heavy atom. The first kappa shape index (κ1) is 16.9. The summed E-state index contributed by atoms with van der Waals surface area (Å²) in [5, 5.41) is 7.48. The molecule has 1 saturated heterocycles. The Hall–Kier alpha value is -1.95. The number of aromatic nitrogens is 2. The fourth-order valence-corrected chi connectivity index (χ4v) is 4.05. The van der Waals surface area contributed by atoms with Crippen molar-refractivity contribution in [3.8, 4) is 5.69 Å². The monoisotopic (exact) mass is 344 g/mol. The van der Waals surface area contributed by atoms with Crippen LogP contribution < -0.4 is 5.32 Å². The Kier molecular flexibility index (Phi) is 5.45. The number of hydrogen-bond donors (Lipinski definition) is 1. The van der Waals surface area contributed by atoms with Crippen LogP contribution in [0.1, 0.15) is 31.9 Å². The van der Waals surface area contributed by atoms with Crippen molar-refractivity contribution in [1.82, 2.24) is 20.0 Å². The Morgan fingerprint density at radius 2 is 2.17 bits per heavy atom. The van der Waals surface area contributed by atoms with Crippen LogP contribution >= 0.6 is 11.8 Å². The summed E-state index contributed by atoms with van der Waals surface area (Å²) in [6.45, 7) is 4.97. The molecule has 0 unspecified atom stereocenters. The molecule has 1 N–H and O–H groups in total. The van der Waals surface area contributed by atoms with Gasteiger partial charge in [-0.3, -0.25) is 0 Å². The van der Waals surface area contributed by atoms with E-state index in [-0.39, 0.29) is 18.1 Å². The summed E-state index contributed by atoms with van der Waals surface area (Å²) >= 11 is 1.92. The third-order valence-electron chi connectivity index (χ3n) is 4.44. The van der Waals surface area contributed by atoms with E-state index in [1.807, 2.05) is 64.8 Å². The van der Waals surface area contributed by atoms with E-state index in [2.05, 4.69) is 17.3 Å². The van der Waals surface area contributed by atoms with Crippen molar-refractivity contribution in [3.05, 3.63) is 48.3 Å². The maximum atomic E-state index is 12.7. The number of carbonyl (C=O) groups is 1. The van der Waals surface area contributed by atoms with E-state index in [4.69, 9.17) is 0 Å². The second kappa shape index (κ2) is 7.75. The smallest absolute Gasteiger partial charge is 0.318 e. The molecule has 0 saturated carbocycles. The molecule has 1 fully saturated rings. The lowest BCUT2D eigenvalue weighted by Gasteiger charge is -2.29. The molecule has 2 atom stereocenters. The highest BCUT2D eigenvalue weighted by molar-refractivity contribution is 7.99. The minimum atomic E-state index is -0.0824. The molecular formula is C18H24N4OS. The molecule has 1 aromatic heterocycles. The van der Waals surface area contributed by atoms with Gasteiger partial charge in [-0.1, -0.05) is 18.2 Å². The van der Waals surface area contributed by atoms with E-state index in [9.17, 15) is 4.79 Å². The third-order valence-corrected chi connectivity index (χ3v) is 5.44. The summed E-state index contributed by atoms with van der Waals surface area (Å²) < 4.78 is 1.84. The van der Waals surface area contributed by atoms with Gasteiger partial charge in [-0.2, -0.15) is 16.9 Å². The van der Waals surface area contributed by atoms with Crippen molar-refractivity contribution in [2.75, 3.05) is 18.1 Å². The Bertz CT molecular complexity index is 673. The van der Waals surface area contributed by atoms with Crippen molar-refractivity contribution in [1.29, 1.82) is 0 Å². The number of rotatable bonds is 3. The number of hydrogen-bond acceptors (Lipinski definition) is 3. The van der Waals surface area contributed by atoms with Gasteiger partial charge in [-0.15, -0.1) is 0 Å². The van der Waals surface area contributed by atoms with Gasteiger partial charge in [-0.05, 0) is 43.7 Å². The molecule has 2 aromatic rings. The predicted octanol–water partition coefficient (Wildman–Crippen LogP) is 3.47. The summed E-state index contributed by atoms with van der Waals surface area (Å²) in [5.41, 5.74) is 2.06. The molecule has 2 heterocycles. The van der Waals surface area contributed by atoms with Crippen molar-refractivity contribution >= 4 is 17.8 Å². The van der Waals surface area contributed by atoms with Gasteiger partial charge in [0.25, 0.3) is 0 Å². The lowest BCUT2D eigenvalue weighted by Crippen LogP contribution is -2.46. The minimum absolute atomic E-state index is 0.0211. The number of carbonyl (C=O) groups excluding carboxylic acids is 1. The van der Waals surface area contributed by atoms with E-state index >= 15 is 0 Å². The van der Waals surface area contributed by atoms with Gasteiger partial charge in [0.15, 0.2) is 0 Å². The molecule has 0 spiro atoms. The van der Waals surface area contributed by atoms with Crippen LogP contribution in [0.4, 0.5) is 4.79 Å². The highest BCUT2D eigenvalue weighted by atomic mass is 32.2. The van der Waals surface area contributed by atoms with Crippen LogP contribution in [0.25, 0.3) is 5.69 Å². The van der Waals surface area contributed by atoms with Crippen LogP contribution in [0.2, 0.25) is 0 Å². The molecule has 2 amide bonds. The number of urea groups is 1. The predicted molar refractivity (Wildman–Crippen MR) is 98.6 cm³/mol. The van der Waals surface area contributed by atoms with Gasteiger partial charge >= 0.3 is 6.03 Å². The molecular weight excluding hydrogens is 320 g/mol. The Labute approximate surface area is 147 Å².